The van der Waals surface area contributed by atoms with Crippen molar-refractivity contribution in [1.29, 1.82) is 0 Å². The fraction of sp³-hybridized carbons (Fsp3) is 0.250. The lowest BCUT2D eigenvalue weighted by Crippen LogP contribution is -2.31. The van der Waals surface area contributed by atoms with Crippen molar-refractivity contribution in [3.63, 3.8) is 0 Å². The number of hydrogen-bond acceptors (Lipinski definition) is 2. The van der Waals surface area contributed by atoms with Gasteiger partial charge < -0.3 is 15.0 Å². The zero-order valence-corrected chi connectivity index (χ0v) is 13.6. The number of nitrogens with one attached hydrogen (secondary N) is 2. The third-order valence-electron chi connectivity index (χ3n) is 4.75. The fourth-order valence-corrected chi connectivity index (χ4v) is 3.50. The molecule has 0 radical (unpaired) electrons. The number of hydrogen-bond donors (Lipinski definition) is 2. The number of amides is 1. The smallest absolute Gasteiger partial charge is 0.268 e. The van der Waals surface area contributed by atoms with Gasteiger partial charge in [0.25, 0.3) is 5.91 Å². The molecule has 0 saturated heterocycles. The first-order chi connectivity index (χ1) is 11.7. The van der Waals surface area contributed by atoms with Gasteiger partial charge in [-0.25, -0.2) is 0 Å². The highest BCUT2D eigenvalue weighted by Crippen LogP contribution is 2.30. The number of carbonyl (C=O) groups excluding carboxylic acids is 1. The molecule has 24 heavy (non-hydrogen) atoms. The van der Waals surface area contributed by atoms with Crippen molar-refractivity contribution in [2.75, 3.05) is 7.11 Å². The van der Waals surface area contributed by atoms with E-state index in [0.29, 0.717) is 5.69 Å². The second kappa shape index (κ2) is 6.04. The minimum absolute atomic E-state index is 0.0631. The predicted octanol–water partition coefficient (Wildman–Crippen LogP) is 3.98. The summed E-state index contributed by atoms with van der Waals surface area (Å²) in [6, 6.07) is 16.1. The van der Waals surface area contributed by atoms with Crippen LogP contribution in [0.15, 0.2) is 48.5 Å². The molecule has 4 heteroatoms. The number of rotatable bonds is 3. The maximum absolute atomic E-state index is 12.7. The number of methoxy groups -OCH3 is 1. The Kier molecular flexibility index (Phi) is 3.73. The molecule has 1 aliphatic carbocycles. The molecule has 1 unspecified atom stereocenters. The first kappa shape index (κ1) is 14.8. The highest BCUT2D eigenvalue weighted by Gasteiger charge is 2.22. The maximum Gasteiger partial charge on any atom is 0.268 e. The summed E-state index contributed by atoms with van der Waals surface area (Å²) in [5.41, 5.74) is 4.08. The minimum atomic E-state index is -0.0631. The molecule has 0 saturated carbocycles. The number of carbonyl (C=O) groups is 1. The lowest BCUT2D eigenvalue weighted by atomic mass is 9.88. The average molecular weight is 320 g/mol. The molecule has 1 atom stereocenters. The molecule has 2 aromatic carbocycles. The lowest BCUT2D eigenvalue weighted by molar-refractivity contribution is 0.0928. The van der Waals surface area contributed by atoms with Crippen LogP contribution < -0.4 is 10.1 Å². The number of ether oxygens (including phenoxy) is 1. The zero-order chi connectivity index (χ0) is 16.5. The van der Waals surface area contributed by atoms with Crippen LogP contribution >= 0.6 is 0 Å². The molecule has 1 aromatic heterocycles. The maximum atomic E-state index is 12.7. The molecule has 0 bridgehead atoms. The average Bonchev–Trinajstić information content (AvgIpc) is 3.05. The van der Waals surface area contributed by atoms with E-state index in [4.69, 9.17) is 4.74 Å². The first-order valence-electron chi connectivity index (χ1n) is 8.30. The Morgan fingerprint density at radius 2 is 2.08 bits per heavy atom. The van der Waals surface area contributed by atoms with Crippen LogP contribution in [-0.4, -0.2) is 18.0 Å². The molecule has 1 amide bonds. The molecule has 4 rings (SSSR count). The molecule has 122 valence electrons. The van der Waals surface area contributed by atoms with Gasteiger partial charge in [0.2, 0.25) is 0 Å². The quantitative estimate of drug-likeness (QED) is 0.767. The Morgan fingerprint density at radius 3 is 2.96 bits per heavy atom. The zero-order valence-electron chi connectivity index (χ0n) is 13.6. The van der Waals surface area contributed by atoms with Crippen molar-refractivity contribution in [1.82, 2.24) is 10.3 Å². The molecule has 2 N–H and O–H groups in total. The molecule has 0 spiro atoms. The van der Waals surface area contributed by atoms with Crippen molar-refractivity contribution in [3.8, 4) is 5.75 Å². The SMILES string of the molecule is COc1ccc2cc(C(=O)NC3CCCc4ccccc43)[nH]c2c1. The molecule has 4 nitrogen and oxygen atoms in total. The van der Waals surface area contributed by atoms with Gasteiger partial charge in [0.05, 0.1) is 13.2 Å². The highest BCUT2D eigenvalue weighted by atomic mass is 16.5. The number of H-pyrrole nitrogens is 1. The topological polar surface area (TPSA) is 54.1 Å². The van der Waals surface area contributed by atoms with Gasteiger partial charge in [-0.15, -0.1) is 0 Å². The van der Waals surface area contributed by atoms with Crippen LogP contribution in [0.25, 0.3) is 10.9 Å². The van der Waals surface area contributed by atoms with Crippen molar-refractivity contribution < 1.29 is 9.53 Å². The molecule has 0 fully saturated rings. The molecular weight excluding hydrogens is 300 g/mol. The Balaban J connectivity index is 1.59. The van der Waals surface area contributed by atoms with E-state index >= 15 is 0 Å². The first-order valence-corrected chi connectivity index (χ1v) is 8.30. The van der Waals surface area contributed by atoms with Crippen LogP contribution in [0.2, 0.25) is 0 Å². The standard InChI is InChI=1S/C20H20N2O2/c1-24-15-10-9-14-11-19(21-18(14)12-15)20(23)22-17-8-4-6-13-5-2-3-7-16(13)17/h2-3,5,7,9-12,17,21H,4,6,8H2,1H3,(H,22,23). The van der Waals surface area contributed by atoms with Gasteiger partial charge in [-0.1, -0.05) is 24.3 Å². The third-order valence-corrected chi connectivity index (χ3v) is 4.75. The van der Waals surface area contributed by atoms with Crippen LogP contribution in [0.5, 0.6) is 5.75 Å². The van der Waals surface area contributed by atoms with Crippen molar-refractivity contribution in [2.24, 2.45) is 0 Å². The van der Waals surface area contributed by atoms with Crippen LogP contribution in [0.1, 0.15) is 40.5 Å². The van der Waals surface area contributed by atoms with Crippen LogP contribution in [0.3, 0.4) is 0 Å². The van der Waals surface area contributed by atoms with E-state index in [1.165, 1.54) is 11.1 Å². The minimum Gasteiger partial charge on any atom is -0.497 e. The van der Waals surface area contributed by atoms with E-state index in [9.17, 15) is 4.79 Å². The second-order valence-corrected chi connectivity index (χ2v) is 6.25. The normalized spacial score (nSPS) is 16.6. The number of aromatic amines is 1. The summed E-state index contributed by atoms with van der Waals surface area (Å²) < 4.78 is 5.23. The van der Waals surface area contributed by atoms with E-state index in [0.717, 1.165) is 35.9 Å². The summed E-state index contributed by atoms with van der Waals surface area (Å²) in [6.07, 6.45) is 3.18. The van der Waals surface area contributed by atoms with E-state index < -0.39 is 0 Å². The van der Waals surface area contributed by atoms with Crippen molar-refractivity contribution in [3.05, 3.63) is 65.4 Å². The Morgan fingerprint density at radius 1 is 1.21 bits per heavy atom. The van der Waals surface area contributed by atoms with Gasteiger partial charge in [-0.05, 0) is 48.6 Å². The molecule has 3 aromatic rings. The van der Waals surface area contributed by atoms with Gasteiger partial charge in [-0.2, -0.15) is 0 Å². The molecule has 0 aliphatic heterocycles. The summed E-state index contributed by atoms with van der Waals surface area (Å²) in [6.45, 7) is 0. The van der Waals surface area contributed by atoms with Crippen molar-refractivity contribution in [2.45, 2.75) is 25.3 Å². The molecule has 1 aliphatic rings. The van der Waals surface area contributed by atoms with E-state index in [2.05, 4.69) is 28.5 Å². The summed E-state index contributed by atoms with van der Waals surface area (Å²) in [5.74, 6) is 0.712. The van der Waals surface area contributed by atoms with Gasteiger partial charge in [0.15, 0.2) is 0 Å². The highest BCUT2D eigenvalue weighted by molar-refractivity contribution is 5.98. The molecule has 1 heterocycles. The fourth-order valence-electron chi connectivity index (χ4n) is 3.50. The van der Waals surface area contributed by atoms with Crippen molar-refractivity contribution >= 4 is 16.8 Å². The van der Waals surface area contributed by atoms with E-state index in [1.54, 1.807) is 7.11 Å². The summed E-state index contributed by atoms with van der Waals surface area (Å²) >= 11 is 0. The van der Waals surface area contributed by atoms with E-state index in [-0.39, 0.29) is 11.9 Å². The van der Waals surface area contributed by atoms with Crippen LogP contribution in [-0.2, 0) is 6.42 Å². The number of aromatic nitrogens is 1. The summed E-state index contributed by atoms with van der Waals surface area (Å²) in [7, 11) is 1.64. The summed E-state index contributed by atoms with van der Waals surface area (Å²) in [4.78, 5) is 15.9. The largest absolute Gasteiger partial charge is 0.497 e. The Hall–Kier alpha value is -2.75. The third kappa shape index (κ3) is 2.64. The lowest BCUT2D eigenvalue weighted by Gasteiger charge is -2.26. The van der Waals surface area contributed by atoms with Crippen LogP contribution in [0, 0.1) is 0 Å². The number of benzene rings is 2. The summed E-state index contributed by atoms with van der Waals surface area (Å²) in [5, 5.41) is 4.18. The van der Waals surface area contributed by atoms with Gasteiger partial charge in [0.1, 0.15) is 11.4 Å². The van der Waals surface area contributed by atoms with Gasteiger partial charge in [0, 0.05) is 17.0 Å². The number of aryl methyl sites for hydroxylation is 1. The number of fused-ring (bicyclic) bond motifs is 2. The van der Waals surface area contributed by atoms with Gasteiger partial charge >= 0.3 is 0 Å². The van der Waals surface area contributed by atoms with Crippen LogP contribution in [0.4, 0.5) is 0 Å². The second-order valence-electron chi connectivity index (χ2n) is 6.25. The van der Waals surface area contributed by atoms with E-state index in [1.807, 2.05) is 30.3 Å². The Bertz CT molecular complexity index is 898. The monoisotopic (exact) mass is 320 g/mol. The predicted molar refractivity (Wildman–Crippen MR) is 94.4 cm³/mol. The molecular formula is C20H20N2O2. The Labute approximate surface area is 140 Å². The van der Waals surface area contributed by atoms with Gasteiger partial charge in [-0.3, -0.25) is 4.79 Å².